The fourth-order valence-corrected chi connectivity index (χ4v) is 0.841. The van der Waals surface area contributed by atoms with Crippen molar-refractivity contribution in [2.75, 3.05) is 14.2 Å². The van der Waals surface area contributed by atoms with E-state index in [9.17, 15) is 9.59 Å². The SMILES string of the molecule is COC(=O)/C=C\S/C=C\C(=O)OC. The van der Waals surface area contributed by atoms with Gasteiger partial charge in [0.2, 0.25) is 0 Å². The summed E-state index contributed by atoms with van der Waals surface area (Å²) < 4.78 is 8.69. The number of esters is 2. The molecule has 0 saturated carbocycles. The molecule has 0 aliphatic rings. The third-order valence-electron chi connectivity index (χ3n) is 0.968. The van der Waals surface area contributed by atoms with Crippen molar-refractivity contribution in [3.63, 3.8) is 0 Å². The van der Waals surface area contributed by atoms with Crippen LogP contribution in [-0.2, 0) is 19.1 Å². The Kier molecular flexibility index (Phi) is 6.72. The van der Waals surface area contributed by atoms with E-state index < -0.39 is 11.9 Å². The van der Waals surface area contributed by atoms with Crippen LogP contribution in [0.3, 0.4) is 0 Å². The Morgan fingerprint density at radius 3 is 1.69 bits per heavy atom. The molecule has 4 nitrogen and oxygen atoms in total. The molecule has 72 valence electrons. The third kappa shape index (κ3) is 7.14. The highest BCUT2D eigenvalue weighted by atomic mass is 32.2. The molecule has 0 aromatic carbocycles. The first-order valence-electron chi connectivity index (χ1n) is 3.35. The summed E-state index contributed by atoms with van der Waals surface area (Å²) in [5.41, 5.74) is 0. The highest BCUT2D eigenvalue weighted by molar-refractivity contribution is 8.04. The number of rotatable bonds is 4. The van der Waals surface area contributed by atoms with Gasteiger partial charge in [-0.3, -0.25) is 0 Å². The molecule has 0 amide bonds. The van der Waals surface area contributed by atoms with Gasteiger partial charge in [-0.25, -0.2) is 9.59 Å². The minimum atomic E-state index is -0.432. The van der Waals surface area contributed by atoms with E-state index in [1.54, 1.807) is 0 Å². The summed E-state index contributed by atoms with van der Waals surface area (Å²) in [7, 11) is 2.59. The lowest BCUT2D eigenvalue weighted by atomic mass is 10.7. The zero-order chi connectivity index (χ0) is 10.1. The first-order valence-corrected chi connectivity index (χ1v) is 4.29. The molecule has 0 N–H and O–H groups in total. The quantitative estimate of drug-likeness (QED) is 0.504. The minimum absolute atomic E-state index is 0.432. The smallest absolute Gasteiger partial charge is 0.330 e. The van der Waals surface area contributed by atoms with Crippen molar-refractivity contribution in [3.05, 3.63) is 23.0 Å². The lowest BCUT2D eigenvalue weighted by Gasteiger charge is -1.88. The van der Waals surface area contributed by atoms with Gasteiger partial charge in [0.05, 0.1) is 14.2 Å². The molecule has 0 bridgehead atoms. The monoisotopic (exact) mass is 202 g/mol. The summed E-state index contributed by atoms with van der Waals surface area (Å²) in [6, 6.07) is 0. The van der Waals surface area contributed by atoms with Crippen LogP contribution in [0.15, 0.2) is 23.0 Å². The summed E-state index contributed by atoms with van der Waals surface area (Å²) >= 11 is 1.18. The number of carbonyl (C=O) groups is 2. The number of methoxy groups -OCH3 is 2. The van der Waals surface area contributed by atoms with Crippen molar-refractivity contribution in [2.45, 2.75) is 0 Å². The van der Waals surface area contributed by atoms with Gasteiger partial charge >= 0.3 is 11.9 Å². The number of hydrogen-bond acceptors (Lipinski definition) is 5. The molecule has 0 heterocycles. The maximum Gasteiger partial charge on any atom is 0.330 e. The fourth-order valence-electron chi connectivity index (χ4n) is 0.371. The minimum Gasteiger partial charge on any atom is -0.466 e. The first kappa shape index (κ1) is 11.8. The summed E-state index contributed by atoms with van der Waals surface area (Å²) in [6.07, 6.45) is 2.51. The van der Waals surface area contributed by atoms with Gasteiger partial charge < -0.3 is 9.47 Å². The molecule has 0 atom stereocenters. The van der Waals surface area contributed by atoms with E-state index in [1.165, 1.54) is 48.9 Å². The normalized spacial score (nSPS) is 10.6. The number of carbonyl (C=O) groups excluding carboxylic acids is 2. The molecule has 0 aliphatic carbocycles. The van der Waals surface area contributed by atoms with Crippen molar-refractivity contribution in [2.24, 2.45) is 0 Å². The molecule has 0 radical (unpaired) electrons. The van der Waals surface area contributed by atoms with Crippen molar-refractivity contribution < 1.29 is 19.1 Å². The lowest BCUT2D eigenvalue weighted by Crippen LogP contribution is -1.93. The summed E-state index contributed by atoms with van der Waals surface area (Å²) in [4.78, 5) is 21.1. The summed E-state index contributed by atoms with van der Waals surface area (Å²) in [5, 5.41) is 3.01. The second-order valence-corrected chi connectivity index (χ2v) is 2.60. The van der Waals surface area contributed by atoms with Gasteiger partial charge in [-0.05, 0) is 10.8 Å². The molecule has 0 aromatic heterocycles. The first-order chi connectivity index (χ1) is 6.20. The van der Waals surface area contributed by atoms with Gasteiger partial charge in [-0.15, -0.1) is 11.8 Å². The molecule has 0 saturated heterocycles. The number of thioether (sulfide) groups is 1. The van der Waals surface area contributed by atoms with Crippen LogP contribution in [-0.4, -0.2) is 26.2 Å². The Hall–Kier alpha value is -1.23. The van der Waals surface area contributed by atoms with Gasteiger partial charge in [0.25, 0.3) is 0 Å². The van der Waals surface area contributed by atoms with Crippen molar-refractivity contribution in [1.29, 1.82) is 0 Å². The van der Waals surface area contributed by atoms with Gasteiger partial charge in [0.15, 0.2) is 0 Å². The molecule has 0 rings (SSSR count). The van der Waals surface area contributed by atoms with E-state index in [-0.39, 0.29) is 0 Å². The molecular weight excluding hydrogens is 192 g/mol. The molecule has 0 spiro atoms. The number of hydrogen-bond donors (Lipinski definition) is 0. The van der Waals surface area contributed by atoms with E-state index in [2.05, 4.69) is 9.47 Å². The highest BCUT2D eigenvalue weighted by Gasteiger charge is 1.90. The predicted molar refractivity (Wildman–Crippen MR) is 49.9 cm³/mol. The van der Waals surface area contributed by atoms with Gasteiger partial charge in [-0.2, -0.15) is 0 Å². The predicted octanol–water partition coefficient (Wildman–Crippen LogP) is 1.09. The van der Waals surface area contributed by atoms with E-state index in [0.29, 0.717) is 0 Å². The zero-order valence-electron chi connectivity index (χ0n) is 7.35. The van der Waals surface area contributed by atoms with Crippen molar-refractivity contribution >= 4 is 23.7 Å². The average molecular weight is 202 g/mol. The van der Waals surface area contributed by atoms with E-state index in [4.69, 9.17) is 0 Å². The Labute approximate surface area is 80.6 Å². The Balaban J connectivity index is 3.66. The second kappa shape index (κ2) is 7.42. The van der Waals surface area contributed by atoms with Crippen LogP contribution in [0.5, 0.6) is 0 Å². The summed E-state index contributed by atoms with van der Waals surface area (Å²) in [6.45, 7) is 0. The number of ether oxygens (including phenoxy) is 2. The van der Waals surface area contributed by atoms with E-state index in [1.807, 2.05) is 0 Å². The molecule has 0 fully saturated rings. The van der Waals surface area contributed by atoms with Crippen LogP contribution in [0.1, 0.15) is 0 Å². The maximum atomic E-state index is 10.5. The summed E-state index contributed by atoms with van der Waals surface area (Å²) in [5.74, 6) is -0.863. The Bertz CT molecular complexity index is 208. The van der Waals surface area contributed by atoms with Crippen LogP contribution in [0.25, 0.3) is 0 Å². The standard InChI is InChI=1S/C8H10O4S/c1-11-7(9)3-5-13-6-4-8(10)12-2/h3-6H,1-2H3/b5-3-,6-4-. The van der Waals surface area contributed by atoms with Gasteiger partial charge in [-0.1, -0.05) is 0 Å². The van der Waals surface area contributed by atoms with Crippen LogP contribution < -0.4 is 0 Å². The van der Waals surface area contributed by atoms with Crippen LogP contribution in [0.4, 0.5) is 0 Å². The molecule has 5 heteroatoms. The van der Waals surface area contributed by atoms with Gasteiger partial charge in [0, 0.05) is 12.2 Å². The van der Waals surface area contributed by atoms with Crippen molar-refractivity contribution in [3.8, 4) is 0 Å². The highest BCUT2D eigenvalue weighted by Crippen LogP contribution is 2.03. The fraction of sp³-hybridized carbons (Fsp3) is 0.250. The second-order valence-electron chi connectivity index (χ2n) is 1.79. The zero-order valence-corrected chi connectivity index (χ0v) is 8.17. The van der Waals surface area contributed by atoms with E-state index in [0.717, 1.165) is 0 Å². The lowest BCUT2D eigenvalue weighted by molar-refractivity contribution is -0.135. The maximum absolute atomic E-state index is 10.5. The molecule has 0 unspecified atom stereocenters. The largest absolute Gasteiger partial charge is 0.466 e. The molecular formula is C8H10O4S. The molecule has 13 heavy (non-hydrogen) atoms. The van der Waals surface area contributed by atoms with Crippen LogP contribution >= 0.6 is 11.8 Å². The van der Waals surface area contributed by atoms with Crippen LogP contribution in [0, 0.1) is 0 Å². The Morgan fingerprint density at radius 2 is 1.38 bits per heavy atom. The van der Waals surface area contributed by atoms with Crippen LogP contribution in [0.2, 0.25) is 0 Å². The third-order valence-corrected chi connectivity index (χ3v) is 1.55. The Morgan fingerprint density at radius 1 is 1.00 bits per heavy atom. The molecule has 0 aromatic rings. The van der Waals surface area contributed by atoms with Crippen molar-refractivity contribution in [1.82, 2.24) is 0 Å². The molecule has 0 aliphatic heterocycles. The average Bonchev–Trinajstić information content (AvgIpc) is 2.16. The van der Waals surface area contributed by atoms with E-state index >= 15 is 0 Å². The topological polar surface area (TPSA) is 52.6 Å². The van der Waals surface area contributed by atoms with Gasteiger partial charge in [0.1, 0.15) is 0 Å².